The first-order valence-corrected chi connectivity index (χ1v) is 12.0. The van der Waals surface area contributed by atoms with Crippen molar-refractivity contribution in [2.45, 2.75) is 97.2 Å². The molecule has 0 aliphatic heterocycles. The summed E-state index contributed by atoms with van der Waals surface area (Å²) in [5, 5.41) is 20.7. The lowest BCUT2D eigenvalue weighted by molar-refractivity contribution is -0.151. The summed E-state index contributed by atoms with van der Waals surface area (Å²) in [6, 6.07) is 5.28. The maximum absolute atomic E-state index is 11.8. The van der Waals surface area contributed by atoms with Crippen LogP contribution in [-0.4, -0.2) is 35.5 Å². The van der Waals surface area contributed by atoms with Crippen molar-refractivity contribution < 1.29 is 24.5 Å². The SMILES string of the molecule is CCCCC[C@]1(CC)C#CC[C@H](Cc2ccc(O)c(OC)c2)[C@@H](OC(C)=O)C[C@@H](O)CC1. The number of benzene rings is 1. The average molecular weight is 445 g/mol. The minimum absolute atomic E-state index is 0.0569. The molecule has 2 rings (SSSR count). The number of carbonyl (C=O) groups is 1. The van der Waals surface area contributed by atoms with Gasteiger partial charge >= 0.3 is 5.97 Å². The maximum atomic E-state index is 11.8. The Hall–Kier alpha value is -2.19. The largest absolute Gasteiger partial charge is 0.504 e. The van der Waals surface area contributed by atoms with Gasteiger partial charge in [0.25, 0.3) is 0 Å². The zero-order chi connectivity index (χ0) is 23.6. The van der Waals surface area contributed by atoms with Gasteiger partial charge in [-0.1, -0.05) is 45.1 Å². The Bertz CT molecular complexity index is 793. The number of unbranched alkanes of at least 4 members (excludes halogenated alkanes) is 2. The number of methoxy groups -OCH3 is 1. The number of hydrogen-bond donors (Lipinski definition) is 2. The molecule has 32 heavy (non-hydrogen) atoms. The molecule has 0 saturated heterocycles. The summed E-state index contributed by atoms with van der Waals surface area (Å²) in [4.78, 5) is 11.8. The summed E-state index contributed by atoms with van der Waals surface area (Å²) in [6.45, 7) is 5.81. The van der Waals surface area contributed by atoms with Crippen molar-refractivity contribution in [2.24, 2.45) is 11.3 Å². The first-order chi connectivity index (χ1) is 15.3. The van der Waals surface area contributed by atoms with Crippen LogP contribution in [0.3, 0.4) is 0 Å². The lowest BCUT2D eigenvalue weighted by Crippen LogP contribution is -2.33. The molecule has 1 aromatic rings. The number of aliphatic hydroxyl groups excluding tert-OH is 1. The number of ether oxygens (including phenoxy) is 2. The number of phenolic OH excluding ortho intramolecular Hbond substituents is 1. The van der Waals surface area contributed by atoms with E-state index in [1.807, 2.05) is 12.1 Å². The van der Waals surface area contributed by atoms with Gasteiger partial charge in [-0.25, -0.2) is 0 Å². The Kier molecular flexibility index (Phi) is 10.4. The highest BCUT2D eigenvalue weighted by Crippen LogP contribution is 2.37. The third-order valence-corrected chi connectivity index (χ3v) is 6.70. The molecule has 1 aromatic carbocycles. The second-order valence-electron chi connectivity index (χ2n) is 9.14. The number of aliphatic hydroxyl groups is 1. The number of hydrogen-bond acceptors (Lipinski definition) is 5. The summed E-state index contributed by atoms with van der Waals surface area (Å²) in [7, 11) is 1.52. The van der Waals surface area contributed by atoms with Gasteiger partial charge in [-0.15, -0.1) is 5.92 Å². The second kappa shape index (κ2) is 12.7. The first kappa shape index (κ1) is 26.1. The average Bonchev–Trinajstić information content (AvgIpc) is 2.76. The van der Waals surface area contributed by atoms with Gasteiger partial charge in [0.1, 0.15) is 6.10 Å². The van der Waals surface area contributed by atoms with Gasteiger partial charge in [-0.2, -0.15) is 0 Å². The highest BCUT2D eigenvalue weighted by molar-refractivity contribution is 5.66. The fraction of sp³-hybridized carbons (Fsp3) is 0.667. The highest BCUT2D eigenvalue weighted by Gasteiger charge is 2.31. The molecule has 5 heteroatoms. The van der Waals surface area contributed by atoms with Crippen molar-refractivity contribution in [2.75, 3.05) is 7.11 Å². The molecular formula is C27H40O5. The van der Waals surface area contributed by atoms with Crippen molar-refractivity contribution in [3.63, 3.8) is 0 Å². The molecule has 2 N–H and O–H groups in total. The van der Waals surface area contributed by atoms with E-state index in [1.165, 1.54) is 26.9 Å². The summed E-state index contributed by atoms with van der Waals surface area (Å²) in [5.74, 6) is 7.14. The zero-order valence-electron chi connectivity index (χ0n) is 20.2. The van der Waals surface area contributed by atoms with E-state index in [-0.39, 0.29) is 23.1 Å². The molecule has 0 radical (unpaired) electrons. The molecule has 178 valence electrons. The van der Waals surface area contributed by atoms with Gasteiger partial charge in [-0.05, 0) is 49.8 Å². The number of esters is 1. The van der Waals surface area contributed by atoms with Gasteiger partial charge in [0.05, 0.1) is 13.2 Å². The van der Waals surface area contributed by atoms with Gasteiger partial charge < -0.3 is 19.7 Å². The van der Waals surface area contributed by atoms with E-state index in [4.69, 9.17) is 9.47 Å². The number of phenols is 1. The topological polar surface area (TPSA) is 76.0 Å². The van der Waals surface area contributed by atoms with E-state index in [9.17, 15) is 15.0 Å². The molecule has 0 bridgehead atoms. The lowest BCUT2D eigenvalue weighted by Gasteiger charge is -2.32. The minimum atomic E-state index is -0.534. The van der Waals surface area contributed by atoms with E-state index in [0.29, 0.717) is 31.4 Å². The van der Waals surface area contributed by atoms with Crippen LogP contribution in [0.2, 0.25) is 0 Å². The van der Waals surface area contributed by atoms with E-state index in [0.717, 1.165) is 31.2 Å². The van der Waals surface area contributed by atoms with E-state index in [2.05, 4.69) is 25.7 Å². The third-order valence-electron chi connectivity index (χ3n) is 6.70. The zero-order valence-corrected chi connectivity index (χ0v) is 20.2. The van der Waals surface area contributed by atoms with Crippen LogP contribution in [0.25, 0.3) is 0 Å². The van der Waals surface area contributed by atoms with Gasteiger partial charge in [-0.3, -0.25) is 4.79 Å². The Morgan fingerprint density at radius 3 is 2.72 bits per heavy atom. The predicted molar refractivity (Wildman–Crippen MR) is 127 cm³/mol. The molecule has 0 heterocycles. The van der Waals surface area contributed by atoms with Crippen LogP contribution in [-0.2, 0) is 16.0 Å². The molecule has 0 amide bonds. The van der Waals surface area contributed by atoms with Crippen LogP contribution in [0.4, 0.5) is 0 Å². The van der Waals surface area contributed by atoms with Crippen LogP contribution in [0.15, 0.2) is 18.2 Å². The third kappa shape index (κ3) is 7.74. The van der Waals surface area contributed by atoms with Crippen LogP contribution < -0.4 is 4.74 Å². The molecule has 0 aromatic heterocycles. The van der Waals surface area contributed by atoms with Crippen LogP contribution >= 0.6 is 0 Å². The molecule has 0 unspecified atom stereocenters. The molecular weight excluding hydrogens is 404 g/mol. The van der Waals surface area contributed by atoms with Gasteiger partial charge in [0, 0.05) is 31.1 Å². The molecule has 0 spiro atoms. The molecule has 1 aliphatic carbocycles. The van der Waals surface area contributed by atoms with Crippen LogP contribution in [0.5, 0.6) is 11.5 Å². The first-order valence-electron chi connectivity index (χ1n) is 12.0. The fourth-order valence-corrected chi connectivity index (χ4v) is 4.64. The van der Waals surface area contributed by atoms with Crippen LogP contribution in [0, 0.1) is 23.2 Å². The quantitative estimate of drug-likeness (QED) is 0.303. The van der Waals surface area contributed by atoms with E-state index in [1.54, 1.807) is 6.07 Å². The summed E-state index contributed by atoms with van der Waals surface area (Å²) < 4.78 is 10.9. The van der Waals surface area contributed by atoms with Gasteiger partial charge in [0.15, 0.2) is 11.5 Å². The van der Waals surface area contributed by atoms with E-state index >= 15 is 0 Å². The maximum Gasteiger partial charge on any atom is 0.302 e. The van der Waals surface area contributed by atoms with Crippen molar-refractivity contribution in [3.8, 4) is 23.3 Å². The van der Waals surface area contributed by atoms with Crippen molar-refractivity contribution >= 4 is 5.97 Å². The molecule has 4 atom stereocenters. The summed E-state index contributed by atoms with van der Waals surface area (Å²) >= 11 is 0. The van der Waals surface area contributed by atoms with Crippen LogP contribution in [0.1, 0.15) is 84.1 Å². The Balaban J connectivity index is 2.33. The predicted octanol–water partition coefficient (Wildman–Crippen LogP) is 5.41. The highest BCUT2D eigenvalue weighted by atomic mass is 16.5. The summed E-state index contributed by atoms with van der Waals surface area (Å²) in [5.41, 5.74) is 0.913. The Morgan fingerprint density at radius 2 is 2.06 bits per heavy atom. The molecule has 5 nitrogen and oxygen atoms in total. The van der Waals surface area contributed by atoms with Crippen molar-refractivity contribution in [3.05, 3.63) is 23.8 Å². The summed E-state index contributed by atoms with van der Waals surface area (Å²) in [6.07, 6.45) is 7.77. The minimum Gasteiger partial charge on any atom is -0.504 e. The van der Waals surface area contributed by atoms with E-state index < -0.39 is 12.2 Å². The van der Waals surface area contributed by atoms with Crippen molar-refractivity contribution in [1.29, 1.82) is 0 Å². The number of rotatable bonds is 9. The smallest absolute Gasteiger partial charge is 0.302 e. The Labute approximate surface area is 193 Å². The number of aromatic hydroxyl groups is 1. The van der Waals surface area contributed by atoms with Crippen molar-refractivity contribution in [1.82, 2.24) is 0 Å². The fourth-order valence-electron chi connectivity index (χ4n) is 4.64. The normalized spacial score (nSPS) is 26.0. The Morgan fingerprint density at radius 1 is 1.28 bits per heavy atom. The lowest BCUT2D eigenvalue weighted by atomic mass is 9.74. The standard InChI is InChI=1S/C27H40O5/c1-5-7-8-14-27(6-2)15-9-10-22(17-21-11-12-24(30)26(18-21)31-4)25(32-20(3)28)19-23(29)13-16-27/h11-12,18,22-23,25,29-30H,5-8,10,13-14,16-17,19H2,1-4H3/t22-,23+,25+,27-/m1/s1. The monoisotopic (exact) mass is 444 g/mol. The molecule has 1 aliphatic rings. The molecule has 0 saturated carbocycles. The van der Waals surface area contributed by atoms with Gasteiger partial charge in [0.2, 0.25) is 0 Å². The molecule has 0 fully saturated rings. The second-order valence-corrected chi connectivity index (χ2v) is 9.14. The number of carbonyl (C=O) groups excluding carboxylic acids is 1.